The van der Waals surface area contributed by atoms with E-state index in [9.17, 15) is 0 Å². The van der Waals surface area contributed by atoms with Crippen molar-refractivity contribution in [2.24, 2.45) is 5.92 Å². The van der Waals surface area contributed by atoms with Gasteiger partial charge in [0, 0.05) is 35.9 Å². The van der Waals surface area contributed by atoms with Crippen molar-refractivity contribution in [2.75, 3.05) is 0 Å². The molecule has 2 aliphatic rings. The van der Waals surface area contributed by atoms with Crippen LogP contribution in [0.2, 0.25) is 0 Å². The van der Waals surface area contributed by atoms with Gasteiger partial charge in [0.2, 0.25) is 0 Å². The molecule has 0 amide bonds. The van der Waals surface area contributed by atoms with Gasteiger partial charge in [-0.3, -0.25) is 15.0 Å². The van der Waals surface area contributed by atoms with Crippen molar-refractivity contribution < 1.29 is 0 Å². The van der Waals surface area contributed by atoms with Gasteiger partial charge in [0.15, 0.2) is 0 Å². The van der Waals surface area contributed by atoms with Gasteiger partial charge in [0.1, 0.15) is 0 Å². The van der Waals surface area contributed by atoms with E-state index in [1.807, 2.05) is 18.5 Å². The second kappa shape index (κ2) is 10.0. The standard InChI is InChI=1S/C32H39N3/c1-6-27-24(16-21(4)32-28(23-9-10-23)8-7-14-33-32)13-15-34-31(27)22(5)17-26-18-29(26)25-11-12-30(20(2)3)35-19-25/h6-8,11-15,19-23,26,29H,1,9-10,16-18H2,2-5H3/t21-,22?,26?,29?/m1/s1. The highest BCUT2D eigenvalue weighted by Crippen LogP contribution is 2.52. The van der Waals surface area contributed by atoms with E-state index >= 15 is 0 Å². The van der Waals surface area contributed by atoms with Gasteiger partial charge >= 0.3 is 0 Å². The van der Waals surface area contributed by atoms with Crippen LogP contribution in [0.3, 0.4) is 0 Å². The van der Waals surface area contributed by atoms with Crippen LogP contribution in [0.25, 0.3) is 6.08 Å². The zero-order valence-electron chi connectivity index (χ0n) is 21.7. The van der Waals surface area contributed by atoms with Gasteiger partial charge in [-0.1, -0.05) is 52.5 Å². The average Bonchev–Trinajstić information content (AvgIpc) is 3.79. The molecule has 0 radical (unpaired) electrons. The molecule has 182 valence electrons. The van der Waals surface area contributed by atoms with E-state index in [1.54, 1.807) is 0 Å². The molecule has 0 aliphatic heterocycles. The van der Waals surface area contributed by atoms with Gasteiger partial charge in [-0.05, 0) is 102 Å². The van der Waals surface area contributed by atoms with Gasteiger partial charge in [0.05, 0.1) is 5.69 Å². The molecule has 4 atom stereocenters. The summed E-state index contributed by atoms with van der Waals surface area (Å²) in [5, 5.41) is 0. The largest absolute Gasteiger partial charge is 0.261 e. The van der Waals surface area contributed by atoms with Crippen LogP contribution in [0.15, 0.2) is 55.5 Å². The van der Waals surface area contributed by atoms with E-state index < -0.39 is 0 Å². The predicted octanol–water partition coefficient (Wildman–Crippen LogP) is 8.16. The molecule has 2 fully saturated rings. The fourth-order valence-electron chi connectivity index (χ4n) is 5.81. The Morgan fingerprint density at radius 3 is 2.43 bits per heavy atom. The third-order valence-electron chi connectivity index (χ3n) is 8.07. The minimum atomic E-state index is 0.380. The van der Waals surface area contributed by atoms with Crippen LogP contribution in [0.4, 0.5) is 0 Å². The minimum absolute atomic E-state index is 0.380. The highest BCUT2D eigenvalue weighted by molar-refractivity contribution is 5.56. The van der Waals surface area contributed by atoms with E-state index in [2.05, 4.69) is 70.8 Å². The maximum atomic E-state index is 4.86. The normalized spacial score (nSPS) is 21.1. The molecule has 2 aliphatic carbocycles. The molecule has 0 spiro atoms. The summed E-state index contributed by atoms with van der Waals surface area (Å²) in [6.07, 6.45) is 14.1. The maximum absolute atomic E-state index is 4.86. The lowest BCUT2D eigenvalue weighted by Crippen LogP contribution is -2.09. The van der Waals surface area contributed by atoms with Gasteiger partial charge in [-0.15, -0.1) is 0 Å². The van der Waals surface area contributed by atoms with E-state index in [0.717, 1.165) is 18.8 Å². The van der Waals surface area contributed by atoms with Crippen LogP contribution in [0, 0.1) is 5.92 Å². The zero-order chi connectivity index (χ0) is 24.5. The lowest BCUT2D eigenvalue weighted by Gasteiger charge is -2.20. The Hall–Kier alpha value is -2.81. The number of aromatic nitrogens is 3. The molecular formula is C32H39N3. The Morgan fingerprint density at radius 1 is 0.943 bits per heavy atom. The summed E-state index contributed by atoms with van der Waals surface area (Å²) in [5.74, 6) is 3.35. The number of pyridine rings is 3. The van der Waals surface area contributed by atoms with Crippen LogP contribution in [0.1, 0.15) is 122 Å². The first-order valence-corrected chi connectivity index (χ1v) is 13.5. The summed E-state index contributed by atoms with van der Waals surface area (Å²) in [5.41, 5.74) is 9.08. The Labute approximate surface area is 211 Å². The quantitative estimate of drug-likeness (QED) is 0.303. The molecule has 0 aromatic carbocycles. The second-order valence-electron chi connectivity index (χ2n) is 11.2. The first-order valence-electron chi connectivity index (χ1n) is 13.5. The van der Waals surface area contributed by atoms with Crippen LogP contribution in [0.5, 0.6) is 0 Å². The van der Waals surface area contributed by atoms with Crippen molar-refractivity contribution in [1.29, 1.82) is 0 Å². The van der Waals surface area contributed by atoms with Crippen LogP contribution < -0.4 is 0 Å². The smallest absolute Gasteiger partial charge is 0.0506 e. The van der Waals surface area contributed by atoms with Crippen molar-refractivity contribution in [2.45, 2.75) is 89.4 Å². The lowest BCUT2D eigenvalue weighted by atomic mass is 9.88. The number of nitrogens with zero attached hydrogens (tertiary/aromatic N) is 3. The van der Waals surface area contributed by atoms with Gasteiger partial charge in [-0.25, -0.2) is 0 Å². The van der Waals surface area contributed by atoms with E-state index in [-0.39, 0.29) is 0 Å². The zero-order valence-corrected chi connectivity index (χ0v) is 21.7. The molecule has 3 heteroatoms. The topological polar surface area (TPSA) is 38.7 Å². The second-order valence-corrected chi connectivity index (χ2v) is 11.2. The Kier molecular flexibility index (Phi) is 6.86. The van der Waals surface area contributed by atoms with Crippen molar-refractivity contribution in [1.82, 2.24) is 15.0 Å². The Morgan fingerprint density at radius 2 is 1.74 bits per heavy atom. The molecule has 0 saturated heterocycles. The molecule has 2 saturated carbocycles. The van der Waals surface area contributed by atoms with Gasteiger partial charge in [-0.2, -0.15) is 0 Å². The first-order chi connectivity index (χ1) is 17.0. The Balaban J connectivity index is 1.28. The molecule has 3 aromatic rings. The van der Waals surface area contributed by atoms with Crippen molar-refractivity contribution in [3.05, 3.63) is 94.8 Å². The van der Waals surface area contributed by atoms with Crippen LogP contribution >= 0.6 is 0 Å². The molecule has 0 N–H and O–H groups in total. The van der Waals surface area contributed by atoms with Gasteiger partial charge in [0.25, 0.3) is 0 Å². The van der Waals surface area contributed by atoms with E-state index in [0.29, 0.717) is 29.6 Å². The first kappa shape index (κ1) is 23.9. The van der Waals surface area contributed by atoms with Crippen molar-refractivity contribution in [3.63, 3.8) is 0 Å². The minimum Gasteiger partial charge on any atom is -0.261 e. The van der Waals surface area contributed by atoms with E-state index in [1.165, 1.54) is 58.6 Å². The maximum Gasteiger partial charge on any atom is 0.0506 e. The summed E-state index contributed by atoms with van der Waals surface area (Å²) in [6, 6.07) is 11.1. The SMILES string of the molecule is C=Cc1c(C[C@@H](C)c2ncccc2C2CC2)ccnc1C(C)CC1CC1c1ccc(C(C)C)nc1. The van der Waals surface area contributed by atoms with Crippen LogP contribution in [-0.2, 0) is 6.42 Å². The molecule has 3 heterocycles. The van der Waals surface area contributed by atoms with Gasteiger partial charge < -0.3 is 0 Å². The molecule has 5 rings (SSSR count). The highest BCUT2D eigenvalue weighted by Gasteiger charge is 2.39. The molecular weight excluding hydrogens is 426 g/mol. The summed E-state index contributed by atoms with van der Waals surface area (Å²) in [4.78, 5) is 14.4. The number of hydrogen-bond donors (Lipinski definition) is 0. The molecule has 35 heavy (non-hydrogen) atoms. The summed E-state index contributed by atoms with van der Waals surface area (Å²) >= 11 is 0. The fourth-order valence-corrected chi connectivity index (χ4v) is 5.81. The third kappa shape index (κ3) is 5.24. The monoisotopic (exact) mass is 465 g/mol. The average molecular weight is 466 g/mol. The highest BCUT2D eigenvalue weighted by atomic mass is 14.7. The van der Waals surface area contributed by atoms with Crippen molar-refractivity contribution >= 4 is 6.08 Å². The third-order valence-corrected chi connectivity index (χ3v) is 8.07. The lowest BCUT2D eigenvalue weighted by molar-refractivity contribution is 0.590. The van der Waals surface area contributed by atoms with E-state index in [4.69, 9.17) is 15.0 Å². The molecule has 3 unspecified atom stereocenters. The van der Waals surface area contributed by atoms with Crippen molar-refractivity contribution in [3.8, 4) is 0 Å². The fraction of sp³-hybridized carbons (Fsp3) is 0.469. The molecule has 3 nitrogen and oxygen atoms in total. The Bertz CT molecular complexity index is 1180. The summed E-state index contributed by atoms with van der Waals surface area (Å²) in [7, 11) is 0. The molecule has 3 aromatic heterocycles. The predicted molar refractivity (Wildman–Crippen MR) is 145 cm³/mol. The summed E-state index contributed by atoms with van der Waals surface area (Å²) in [6.45, 7) is 13.2. The number of hydrogen-bond acceptors (Lipinski definition) is 3. The summed E-state index contributed by atoms with van der Waals surface area (Å²) < 4.78 is 0. The molecule has 0 bridgehead atoms. The number of rotatable bonds is 10. The van der Waals surface area contributed by atoms with Crippen LogP contribution in [-0.4, -0.2) is 15.0 Å².